The van der Waals surface area contributed by atoms with E-state index < -0.39 is 23.3 Å². The van der Waals surface area contributed by atoms with Crippen LogP contribution in [0.25, 0.3) is 0 Å². The summed E-state index contributed by atoms with van der Waals surface area (Å²) >= 11 is 0. The van der Waals surface area contributed by atoms with E-state index in [9.17, 15) is 14.4 Å². The molecule has 5 aliphatic rings. The zero-order valence-corrected chi connectivity index (χ0v) is 15.5. The van der Waals surface area contributed by atoms with E-state index in [2.05, 4.69) is 0 Å². The van der Waals surface area contributed by atoms with Crippen molar-refractivity contribution in [3.63, 3.8) is 0 Å². The Morgan fingerprint density at radius 2 is 1.22 bits per heavy atom. The number of hydrogen-bond acceptors (Lipinski definition) is 7. The Balaban J connectivity index is 1.64. The van der Waals surface area contributed by atoms with Gasteiger partial charge in [-0.25, -0.2) is 4.79 Å². The van der Waals surface area contributed by atoms with Crippen molar-refractivity contribution in [2.75, 3.05) is 27.3 Å². The highest BCUT2D eigenvalue weighted by molar-refractivity contribution is 6.19. The van der Waals surface area contributed by atoms with Gasteiger partial charge in [0.05, 0.1) is 25.4 Å². The Bertz CT molecular complexity index is 641. The number of hydrogen-bond donors (Lipinski definition) is 0. The molecule has 0 aromatic carbocycles. The molecule has 5 saturated heterocycles. The number of imide groups is 2. The zero-order chi connectivity index (χ0) is 18.9. The number of fused-ring (bicyclic) bond motifs is 4. The van der Waals surface area contributed by atoms with E-state index in [4.69, 9.17) is 18.9 Å². The molecule has 5 aliphatic heterocycles. The van der Waals surface area contributed by atoms with E-state index in [-0.39, 0.29) is 36.6 Å². The Morgan fingerprint density at radius 1 is 0.778 bits per heavy atom. The molecule has 0 aliphatic carbocycles. The van der Waals surface area contributed by atoms with Crippen LogP contribution in [0.2, 0.25) is 0 Å². The third-order valence-corrected chi connectivity index (χ3v) is 6.93. The van der Waals surface area contributed by atoms with Gasteiger partial charge in [0.1, 0.15) is 5.41 Å². The van der Waals surface area contributed by atoms with E-state index >= 15 is 0 Å². The van der Waals surface area contributed by atoms with Gasteiger partial charge in [0.25, 0.3) is 0 Å². The van der Waals surface area contributed by atoms with E-state index in [0.717, 1.165) is 9.80 Å². The second kappa shape index (κ2) is 5.97. The number of urea groups is 1. The zero-order valence-electron chi connectivity index (χ0n) is 15.5. The van der Waals surface area contributed by atoms with Crippen molar-refractivity contribution in [2.45, 2.75) is 50.5 Å². The highest BCUT2D eigenvalue weighted by atomic mass is 16.7. The number of barbiturate groups is 1. The molecule has 27 heavy (non-hydrogen) atoms. The van der Waals surface area contributed by atoms with Gasteiger partial charge >= 0.3 is 6.03 Å². The van der Waals surface area contributed by atoms with Gasteiger partial charge in [-0.3, -0.25) is 19.4 Å². The average molecular weight is 380 g/mol. The molecule has 5 rings (SSSR count). The van der Waals surface area contributed by atoms with Crippen molar-refractivity contribution in [3.05, 3.63) is 0 Å². The van der Waals surface area contributed by atoms with Crippen molar-refractivity contribution >= 4 is 17.8 Å². The van der Waals surface area contributed by atoms with Crippen LogP contribution in [0.4, 0.5) is 4.79 Å². The second-order valence-corrected chi connectivity index (χ2v) is 8.12. The lowest BCUT2D eigenvalue weighted by Crippen LogP contribution is -2.71. The minimum atomic E-state index is -1.40. The van der Waals surface area contributed by atoms with Crippen molar-refractivity contribution in [2.24, 2.45) is 17.3 Å². The smallest absolute Gasteiger partial charge is 0.332 e. The van der Waals surface area contributed by atoms with Gasteiger partial charge in [-0.15, -0.1) is 0 Å². The Kier molecular flexibility index (Phi) is 3.88. The summed E-state index contributed by atoms with van der Waals surface area (Å²) in [4.78, 5) is 41.8. The van der Waals surface area contributed by atoms with Crippen LogP contribution in [0.3, 0.4) is 0 Å². The predicted molar refractivity (Wildman–Crippen MR) is 88.0 cm³/mol. The van der Waals surface area contributed by atoms with Crippen LogP contribution >= 0.6 is 0 Å². The van der Waals surface area contributed by atoms with E-state index in [0.29, 0.717) is 38.9 Å². The normalized spacial score (nSPS) is 43.6. The number of carbonyl (C=O) groups excluding carboxylic acids is 3. The standard InChI is InChI=1S/C18H24N2O7/c1-19-15(21)18(16(22)20(2)17(19)23,9-3-5-13-24-7-11(9)26-13)10-4-6-14-25-8-12(10)27-14/h9-14H,3-8H2,1-2H3/t9-,10-,11-,12-,13-,14-/m1/s1. The van der Waals surface area contributed by atoms with Crippen molar-refractivity contribution in [1.29, 1.82) is 0 Å². The Labute approximate surface area is 156 Å². The summed E-state index contributed by atoms with van der Waals surface area (Å²) < 4.78 is 23.1. The third-order valence-electron chi connectivity index (χ3n) is 6.93. The van der Waals surface area contributed by atoms with Gasteiger partial charge in [-0.2, -0.15) is 0 Å². The van der Waals surface area contributed by atoms with Crippen LogP contribution < -0.4 is 0 Å². The molecule has 4 amide bonds. The van der Waals surface area contributed by atoms with Gasteiger partial charge < -0.3 is 18.9 Å². The number of nitrogens with zero attached hydrogens (tertiary/aromatic N) is 2. The first-order valence-electron chi connectivity index (χ1n) is 9.59. The highest BCUT2D eigenvalue weighted by Crippen LogP contribution is 2.54. The van der Waals surface area contributed by atoms with Crippen molar-refractivity contribution in [1.82, 2.24) is 9.80 Å². The van der Waals surface area contributed by atoms with Gasteiger partial charge in [0.15, 0.2) is 12.6 Å². The summed E-state index contributed by atoms with van der Waals surface area (Å²) in [5, 5.41) is 0. The molecule has 0 radical (unpaired) electrons. The first kappa shape index (κ1) is 17.5. The van der Waals surface area contributed by atoms with E-state index in [1.165, 1.54) is 14.1 Å². The lowest BCUT2D eigenvalue weighted by molar-refractivity contribution is -0.195. The maximum absolute atomic E-state index is 13.6. The largest absolute Gasteiger partial charge is 0.350 e. The maximum Gasteiger partial charge on any atom is 0.332 e. The van der Waals surface area contributed by atoms with Gasteiger partial charge in [0.2, 0.25) is 11.8 Å². The Morgan fingerprint density at radius 3 is 1.67 bits per heavy atom. The van der Waals surface area contributed by atoms with Crippen LogP contribution in [0.1, 0.15) is 25.7 Å². The van der Waals surface area contributed by atoms with E-state index in [1.807, 2.05) is 0 Å². The summed E-state index contributed by atoms with van der Waals surface area (Å²) in [5.41, 5.74) is -1.40. The topological polar surface area (TPSA) is 94.6 Å². The minimum absolute atomic E-state index is 0.268. The monoisotopic (exact) mass is 380 g/mol. The molecule has 148 valence electrons. The summed E-state index contributed by atoms with van der Waals surface area (Å²) in [5.74, 6) is -1.62. The third kappa shape index (κ3) is 2.22. The number of carbonyl (C=O) groups is 3. The fourth-order valence-corrected chi connectivity index (χ4v) is 5.68. The second-order valence-electron chi connectivity index (χ2n) is 8.12. The summed E-state index contributed by atoms with van der Waals surface area (Å²) in [6.07, 6.45) is 1.31. The lowest BCUT2D eigenvalue weighted by Gasteiger charge is -2.53. The Hall–Kier alpha value is -1.55. The average Bonchev–Trinajstić information content (AvgIpc) is 3.24. The number of ether oxygens (including phenoxy) is 4. The number of amides is 4. The van der Waals surface area contributed by atoms with E-state index in [1.54, 1.807) is 0 Å². The minimum Gasteiger partial charge on any atom is -0.350 e. The molecule has 6 atom stereocenters. The molecular formula is C18H24N2O7. The molecule has 9 nitrogen and oxygen atoms in total. The molecule has 0 unspecified atom stereocenters. The quantitative estimate of drug-likeness (QED) is 0.637. The summed E-state index contributed by atoms with van der Waals surface area (Å²) in [6.45, 7) is 0.715. The first-order chi connectivity index (χ1) is 12.9. The summed E-state index contributed by atoms with van der Waals surface area (Å²) in [7, 11) is 2.88. The number of rotatable bonds is 2. The maximum atomic E-state index is 13.6. The van der Waals surface area contributed by atoms with Crippen LogP contribution in [-0.2, 0) is 28.5 Å². The fraction of sp³-hybridized carbons (Fsp3) is 0.833. The molecular weight excluding hydrogens is 356 g/mol. The lowest BCUT2D eigenvalue weighted by atomic mass is 9.57. The van der Waals surface area contributed by atoms with Gasteiger partial charge in [-0.1, -0.05) is 0 Å². The molecule has 9 heteroatoms. The molecule has 0 aromatic rings. The molecule has 4 bridgehead atoms. The van der Waals surface area contributed by atoms with Crippen molar-refractivity contribution < 1.29 is 33.3 Å². The SMILES string of the molecule is CN1C(=O)N(C)C(=O)C([C@@H]2CC[C@@H]3OC[C@H]2O3)([C@@H]2CC[C@@H]3OC[C@H]2O3)C1=O. The molecule has 0 N–H and O–H groups in total. The fourth-order valence-electron chi connectivity index (χ4n) is 5.68. The van der Waals surface area contributed by atoms with Crippen LogP contribution in [0.15, 0.2) is 0 Å². The van der Waals surface area contributed by atoms with Gasteiger partial charge in [-0.05, 0) is 25.7 Å². The van der Waals surface area contributed by atoms with Gasteiger partial charge in [0, 0.05) is 25.9 Å². The molecule has 5 heterocycles. The molecule has 0 saturated carbocycles. The first-order valence-corrected chi connectivity index (χ1v) is 9.59. The molecule has 0 aromatic heterocycles. The summed E-state index contributed by atoms with van der Waals surface area (Å²) in [6, 6.07) is -0.602. The van der Waals surface area contributed by atoms with Crippen molar-refractivity contribution in [3.8, 4) is 0 Å². The molecule has 5 fully saturated rings. The predicted octanol–water partition coefficient (Wildman–Crippen LogP) is 0.326. The highest BCUT2D eigenvalue weighted by Gasteiger charge is 2.68. The molecule has 0 spiro atoms. The van der Waals surface area contributed by atoms with Crippen LogP contribution in [0.5, 0.6) is 0 Å². The van der Waals surface area contributed by atoms with Crippen LogP contribution in [0, 0.1) is 17.3 Å². The van der Waals surface area contributed by atoms with Crippen LogP contribution in [-0.4, -0.2) is 79.7 Å².